The van der Waals surface area contributed by atoms with E-state index in [2.05, 4.69) is 30.7 Å². The fourth-order valence-corrected chi connectivity index (χ4v) is 6.39. The summed E-state index contributed by atoms with van der Waals surface area (Å²) in [6.07, 6.45) is 8.05. The summed E-state index contributed by atoms with van der Waals surface area (Å²) in [5, 5.41) is 0.929. The molecule has 134 valence electrons. The number of hydrogen-bond acceptors (Lipinski definition) is 3. The Kier molecular flexibility index (Phi) is 4.23. The summed E-state index contributed by atoms with van der Waals surface area (Å²) >= 11 is 1.76. The van der Waals surface area contributed by atoms with Crippen LogP contribution in [0.3, 0.4) is 0 Å². The molecule has 0 N–H and O–H groups in total. The van der Waals surface area contributed by atoms with Crippen LogP contribution < -0.4 is 0 Å². The summed E-state index contributed by atoms with van der Waals surface area (Å²) in [6, 6.07) is 0. The largest absolute Gasteiger partial charge is 0.362 e. The van der Waals surface area contributed by atoms with Gasteiger partial charge in [-0.25, -0.2) is 0 Å². The maximum Gasteiger partial charge on any atom is 0.280 e. The monoisotopic (exact) mass is 350 g/mol. The van der Waals surface area contributed by atoms with Crippen molar-refractivity contribution < 1.29 is 9.53 Å². The van der Waals surface area contributed by atoms with E-state index in [1.165, 1.54) is 12.8 Å². The van der Waals surface area contributed by atoms with E-state index in [1.54, 1.807) is 11.8 Å². The third-order valence-corrected chi connectivity index (χ3v) is 7.28. The molecule has 2 atom stereocenters. The van der Waals surface area contributed by atoms with E-state index in [0.29, 0.717) is 17.9 Å². The smallest absolute Gasteiger partial charge is 0.280 e. The Morgan fingerprint density at radius 3 is 2.62 bits per heavy atom. The summed E-state index contributed by atoms with van der Waals surface area (Å²) < 4.78 is 6.40. The highest BCUT2D eigenvalue weighted by Crippen LogP contribution is 2.53. The lowest BCUT2D eigenvalue weighted by Crippen LogP contribution is -2.58. The highest BCUT2D eigenvalue weighted by atomic mass is 32.2. The predicted octanol–water partition coefficient (Wildman–Crippen LogP) is 3.84. The van der Waals surface area contributed by atoms with Crippen LogP contribution in [0.2, 0.25) is 0 Å². The zero-order valence-corrected chi connectivity index (χ0v) is 16.0. The maximum atomic E-state index is 13.1. The van der Waals surface area contributed by atoms with Gasteiger partial charge in [0.15, 0.2) is 5.17 Å². The molecule has 0 spiro atoms. The molecule has 5 rings (SSSR count). The fourth-order valence-electron chi connectivity index (χ4n) is 5.27. The number of ether oxygens (including phenoxy) is 1. The molecule has 2 unspecified atom stereocenters. The van der Waals surface area contributed by atoms with Crippen molar-refractivity contribution in [3.05, 3.63) is 0 Å². The molecule has 4 nitrogen and oxygen atoms in total. The van der Waals surface area contributed by atoms with Crippen LogP contribution in [0.25, 0.3) is 0 Å². The molecule has 5 aliphatic rings. The number of thioether (sulfide) groups is 1. The topological polar surface area (TPSA) is 41.9 Å². The standard InChI is InChI=1S/C19H30N2O2S/c1-4-5-6-21-12-18(2,3)24-17(21)20-16(22)19-10-13-7-14(11-19)9-15(8-13)23-19/h13-15H,4-12H2,1-3H3/b20-17-. The van der Waals surface area contributed by atoms with Gasteiger partial charge in [0.2, 0.25) is 0 Å². The highest BCUT2D eigenvalue weighted by molar-refractivity contribution is 8.15. The van der Waals surface area contributed by atoms with Gasteiger partial charge in [-0.3, -0.25) is 4.79 Å². The van der Waals surface area contributed by atoms with E-state index in [0.717, 1.165) is 50.4 Å². The van der Waals surface area contributed by atoms with Gasteiger partial charge in [0.05, 0.1) is 6.10 Å². The van der Waals surface area contributed by atoms with Gasteiger partial charge in [0.25, 0.3) is 5.91 Å². The third-order valence-electron chi connectivity index (χ3n) is 6.07. The molecule has 0 aromatic rings. The van der Waals surface area contributed by atoms with Gasteiger partial charge in [-0.05, 0) is 64.2 Å². The van der Waals surface area contributed by atoms with Crippen LogP contribution in [-0.4, -0.2) is 45.5 Å². The molecule has 5 heteroatoms. The maximum absolute atomic E-state index is 13.1. The zero-order chi connectivity index (χ0) is 16.9. The zero-order valence-electron chi connectivity index (χ0n) is 15.2. The molecule has 5 fully saturated rings. The van der Waals surface area contributed by atoms with Gasteiger partial charge >= 0.3 is 0 Å². The summed E-state index contributed by atoms with van der Waals surface area (Å²) in [6.45, 7) is 8.67. The van der Waals surface area contributed by atoms with Crippen LogP contribution >= 0.6 is 11.8 Å². The highest BCUT2D eigenvalue weighted by Gasteiger charge is 2.56. The van der Waals surface area contributed by atoms with Gasteiger partial charge in [-0.2, -0.15) is 4.99 Å². The molecule has 0 radical (unpaired) electrons. The number of nitrogens with zero attached hydrogens (tertiary/aromatic N) is 2. The molecule has 0 aromatic carbocycles. The van der Waals surface area contributed by atoms with Crippen molar-refractivity contribution in [1.82, 2.24) is 4.90 Å². The van der Waals surface area contributed by atoms with Gasteiger partial charge in [-0.1, -0.05) is 25.1 Å². The summed E-state index contributed by atoms with van der Waals surface area (Å²) in [4.78, 5) is 20.1. The van der Waals surface area contributed by atoms with Crippen LogP contribution in [0.15, 0.2) is 4.99 Å². The average molecular weight is 351 g/mol. The van der Waals surface area contributed by atoms with E-state index in [-0.39, 0.29) is 10.7 Å². The Balaban J connectivity index is 1.54. The van der Waals surface area contributed by atoms with Crippen LogP contribution in [-0.2, 0) is 9.53 Å². The minimum Gasteiger partial charge on any atom is -0.362 e. The van der Waals surface area contributed by atoms with Crippen molar-refractivity contribution in [2.24, 2.45) is 16.8 Å². The number of carbonyl (C=O) groups excluding carboxylic acids is 1. The van der Waals surface area contributed by atoms with E-state index >= 15 is 0 Å². The average Bonchev–Trinajstić information content (AvgIpc) is 2.77. The molecule has 3 aliphatic heterocycles. The number of carbonyl (C=O) groups is 1. The van der Waals surface area contributed by atoms with Crippen molar-refractivity contribution in [3.63, 3.8) is 0 Å². The minimum absolute atomic E-state index is 0.00305. The Labute approximate surface area is 149 Å². The number of hydrogen-bond donors (Lipinski definition) is 0. The molecule has 3 saturated heterocycles. The normalized spacial score (nSPS) is 41.4. The first-order valence-corrected chi connectivity index (χ1v) is 10.5. The number of amidine groups is 1. The lowest BCUT2D eigenvalue weighted by Gasteiger charge is -2.54. The molecule has 2 aliphatic carbocycles. The number of unbranched alkanes of at least 4 members (excludes halogenated alkanes) is 1. The van der Waals surface area contributed by atoms with Crippen LogP contribution in [0.4, 0.5) is 0 Å². The summed E-state index contributed by atoms with van der Waals surface area (Å²) in [5.74, 6) is 1.37. The Hall–Kier alpha value is -0.550. The second-order valence-corrected chi connectivity index (χ2v) is 10.6. The predicted molar refractivity (Wildman–Crippen MR) is 98.3 cm³/mol. The molecular formula is C19H30N2O2S. The quantitative estimate of drug-likeness (QED) is 0.772. The van der Waals surface area contributed by atoms with Crippen LogP contribution in [0.1, 0.15) is 65.7 Å². The fraction of sp³-hybridized carbons (Fsp3) is 0.895. The second kappa shape index (κ2) is 6.01. The first-order valence-electron chi connectivity index (χ1n) is 9.64. The van der Waals surface area contributed by atoms with Gasteiger partial charge in [0, 0.05) is 17.8 Å². The van der Waals surface area contributed by atoms with E-state index in [9.17, 15) is 4.79 Å². The molecule has 0 aromatic heterocycles. The molecule has 1 amide bonds. The Morgan fingerprint density at radius 1 is 1.29 bits per heavy atom. The lowest BCUT2D eigenvalue weighted by molar-refractivity contribution is -0.216. The lowest BCUT2D eigenvalue weighted by atomic mass is 9.62. The molecule has 24 heavy (non-hydrogen) atoms. The number of rotatable bonds is 4. The van der Waals surface area contributed by atoms with E-state index < -0.39 is 5.60 Å². The first-order chi connectivity index (χ1) is 11.4. The SMILES string of the molecule is CCCCN1CC(C)(C)S/C1=N\C(=O)C12CC3CC(CC(C3)O1)C2. The molecule has 3 heterocycles. The Morgan fingerprint density at radius 2 is 2.00 bits per heavy atom. The summed E-state index contributed by atoms with van der Waals surface area (Å²) in [7, 11) is 0. The number of amides is 1. The first kappa shape index (κ1) is 16.9. The second-order valence-electron chi connectivity index (χ2n) is 8.92. The summed E-state index contributed by atoms with van der Waals surface area (Å²) in [5.41, 5.74) is -0.592. The van der Waals surface area contributed by atoms with Gasteiger partial charge in [0.1, 0.15) is 5.60 Å². The third kappa shape index (κ3) is 3.03. The molecule has 4 bridgehead atoms. The minimum atomic E-state index is -0.592. The Bertz CT molecular complexity index is 522. The molecular weight excluding hydrogens is 320 g/mol. The van der Waals surface area contributed by atoms with Crippen molar-refractivity contribution in [3.8, 4) is 0 Å². The van der Waals surface area contributed by atoms with Crippen LogP contribution in [0.5, 0.6) is 0 Å². The van der Waals surface area contributed by atoms with Crippen molar-refractivity contribution in [2.45, 2.75) is 82.2 Å². The molecule has 2 saturated carbocycles. The van der Waals surface area contributed by atoms with Gasteiger partial charge < -0.3 is 9.64 Å². The van der Waals surface area contributed by atoms with Crippen LogP contribution in [0, 0.1) is 11.8 Å². The van der Waals surface area contributed by atoms with Crippen molar-refractivity contribution in [2.75, 3.05) is 13.1 Å². The van der Waals surface area contributed by atoms with Crippen molar-refractivity contribution in [1.29, 1.82) is 0 Å². The van der Waals surface area contributed by atoms with Crippen molar-refractivity contribution >= 4 is 22.8 Å². The number of aliphatic imine (C=N–C) groups is 1. The van der Waals surface area contributed by atoms with Gasteiger partial charge in [-0.15, -0.1) is 0 Å². The van der Waals surface area contributed by atoms with E-state index in [1.807, 2.05) is 0 Å². The van der Waals surface area contributed by atoms with E-state index in [4.69, 9.17) is 4.74 Å².